The molecule has 11 heteroatoms. The average Bonchev–Trinajstić information content (AvgIpc) is 3.22. The average molecular weight is 625 g/mol. The van der Waals surface area contributed by atoms with E-state index < -0.39 is 29.4 Å². The fourth-order valence-electron chi connectivity index (χ4n) is 6.68. The maximum Gasteiger partial charge on any atom is 0.325 e. The molecule has 5 N–H and O–H groups in total. The smallest absolute Gasteiger partial charge is 0.325 e. The van der Waals surface area contributed by atoms with Gasteiger partial charge in [0.2, 0.25) is 11.8 Å². The zero-order valence-electron chi connectivity index (χ0n) is 26.4. The summed E-state index contributed by atoms with van der Waals surface area (Å²) < 4.78 is 36.9. The lowest BCUT2D eigenvalue weighted by Crippen LogP contribution is -2.40. The molecule has 9 nitrogen and oxygen atoms in total. The standard InChI is InChI=1S/C34H42F2N4O5/c1-33(2,3)45-28(42)17-38-32(44)18-6-9-21(10-7-18)39-24-13-19(12-23(36)30(24)31(37)43)29-22-11-8-20(35)14-25(22)40-26(29)15-34(4,5)16-27(40)41/h8,11-14,18,21,31,39,43H,6-7,9-10,15-17,37H2,1-5H3,(H,38,44). The van der Waals surface area contributed by atoms with Crippen molar-refractivity contribution in [3.63, 3.8) is 0 Å². The van der Waals surface area contributed by atoms with Gasteiger partial charge in [-0.1, -0.05) is 13.8 Å². The number of aliphatic hydroxyl groups excluding tert-OH is 1. The highest BCUT2D eigenvalue weighted by Gasteiger charge is 2.36. The lowest BCUT2D eigenvalue weighted by Gasteiger charge is -2.31. The molecule has 0 spiro atoms. The summed E-state index contributed by atoms with van der Waals surface area (Å²) in [5, 5.41) is 17.0. The van der Waals surface area contributed by atoms with Crippen LogP contribution in [-0.2, 0) is 20.7 Å². The number of aliphatic hydroxyl groups is 1. The number of ether oxygens (including phenoxy) is 1. The second-order valence-electron chi connectivity index (χ2n) is 14.1. The number of aromatic nitrogens is 1. The number of nitrogens with two attached hydrogens (primary N) is 1. The number of rotatable bonds is 7. The van der Waals surface area contributed by atoms with Crippen molar-refractivity contribution in [2.24, 2.45) is 17.1 Å². The summed E-state index contributed by atoms with van der Waals surface area (Å²) in [7, 11) is 0. The molecule has 1 aliphatic carbocycles. The third kappa shape index (κ3) is 7.04. The summed E-state index contributed by atoms with van der Waals surface area (Å²) in [4.78, 5) is 38.0. The zero-order chi connectivity index (χ0) is 32.8. The molecule has 1 aliphatic heterocycles. The van der Waals surface area contributed by atoms with Gasteiger partial charge in [0.15, 0.2) is 0 Å². The number of nitrogens with zero attached hydrogens (tertiary/aromatic N) is 1. The molecule has 2 aromatic carbocycles. The predicted molar refractivity (Wildman–Crippen MR) is 167 cm³/mol. The Bertz CT molecular complexity index is 1650. The summed E-state index contributed by atoms with van der Waals surface area (Å²) in [6.45, 7) is 9.06. The third-order valence-corrected chi connectivity index (χ3v) is 8.55. The van der Waals surface area contributed by atoms with Gasteiger partial charge < -0.3 is 26.2 Å². The molecule has 45 heavy (non-hydrogen) atoms. The number of halogens is 2. The van der Waals surface area contributed by atoms with Gasteiger partial charge >= 0.3 is 5.97 Å². The minimum Gasteiger partial charge on any atom is -0.459 e. The maximum absolute atomic E-state index is 15.7. The molecule has 1 unspecified atom stereocenters. The van der Waals surface area contributed by atoms with E-state index >= 15 is 4.39 Å². The number of benzene rings is 2. The Morgan fingerprint density at radius 1 is 1.11 bits per heavy atom. The van der Waals surface area contributed by atoms with Gasteiger partial charge in [-0.25, -0.2) is 8.78 Å². The molecule has 0 saturated heterocycles. The lowest BCUT2D eigenvalue weighted by atomic mass is 9.80. The molecule has 5 rings (SSSR count). The van der Waals surface area contributed by atoms with Gasteiger partial charge in [-0.2, -0.15) is 0 Å². The van der Waals surface area contributed by atoms with Crippen LogP contribution in [-0.4, -0.2) is 45.6 Å². The SMILES string of the molecule is CC1(C)CC(=O)n2c(c(-c3cc(F)c(C(N)O)c(NC4CCC(C(=O)NCC(=O)OC(C)(C)C)CC4)c3)c3ccc(F)cc32)C1. The first-order chi connectivity index (χ1) is 21.0. The van der Waals surface area contributed by atoms with Crippen LogP contribution in [0.2, 0.25) is 0 Å². The molecule has 2 heterocycles. The number of anilines is 1. The highest BCUT2D eigenvalue weighted by atomic mass is 19.1. The van der Waals surface area contributed by atoms with Crippen molar-refractivity contribution in [3.8, 4) is 11.1 Å². The first-order valence-corrected chi connectivity index (χ1v) is 15.4. The molecule has 1 saturated carbocycles. The van der Waals surface area contributed by atoms with Gasteiger partial charge in [0, 0.05) is 40.7 Å². The van der Waals surface area contributed by atoms with Gasteiger partial charge in [0.05, 0.1) is 11.1 Å². The van der Waals surface area contributed by atoms with Crippen molar-refractivity contribution in [1.29, 1.82) is 0 Å². The van der Waals surface area contributed by atoms with Crippen molar-refractivity contribution in [3.05, 3.63) is 53.2 Å². The Labute approximate surface area is 261 Å². The summed E-state index contributed by atoms with van der Waals surface area (Å²) in [5.41, 5.74) is 7.28. The second kappa shape index (κ2) is 12.2. The molecular weight excluding hydrogens is 582 g/mol. The van der Waals surface area contributed by atoms with Crippen LogP contribution >= 0.6 is 0 Å². The van der Waals surface area contributed by atoms with E-state index in [4.69, 9.17) is 10.5 Å². The van der Waals surface area contributed by atoms with Gasteiger partial charge in [0.25, 0.3) is 0 Å². The molecule has 1 atom stereocenters. The van der Waals surface area contributed by atoms with E-state index in [1.807, 2.05) is 13.8 Å². The minimum atomic E-state index is -1.59. The van der Waals surface area contributed by atoms with Crippen LogP contribution < -0.4 is 16.4 Å². The number of esters is 1. The Kier molecular flexibility index (Phi) is 8.80. The van der Waals surface area contributed by atoms with Crippen LogP contribution in [0.1, 0.15) is 89.0 Å². The zero-order valence-corrected chi connectivity index (χ0v) is 26.4. The number of nitrogens with one attached hydrogen (secondary N) is 2. The molecule has 0 radical (unpaired) electrons. The van der Waals surface area contributed by atoms with Crippen molar-refractivity contribution in [1.82, 2.24) is 9.88 Å². The van der Waals surface area contributed by atoms with E-state index in [1.54, 1.807) is 37.5 Å². The fourth-order valence-corrected chi connectivity index (χ4v) is 6.68. The number of carbonyl (C=O) groups excluding carboxylic acids is 3. The maximum atomic E-state index is 15.7. The molecule has 0 bridgehead atoms. The monoisotopic (exact) mass is 624 g/mol. The largest absolute Gasteiger partial charge is 0.459 e. The Hall–Kier alpha value is -3.83. The van der Waals surface area contributed by atoms with Gasteiger partial charge in [-0.3, -0.25) is 19.0 Å². The summed E-state index contributed by atoms with van der Waals surface area (Å²) in [5.74, 6) is -2.34. The molecular formula is C34H42F2N4O5. The first-order valence-electron chi connectivity index (χ1n) is 15.4. The van der Waals surface area contributed by atoms with E-state index in [0.29, 0.717) is 71.9 Å². The quantitative estimate of drug-likeness (QED) is 0.199. The molecule has 1 aromatic heterocycles. The van der Waals surface area contributed by atoms with Crippen molar-refractivity contribution in [2.45, 2.75) is 91.0 Å². The topological polar surface area (TPSA) is 136 Å². The van der Waals surface area contributed by atoms with Gasteiger partial charge in [-0.15, -0.1) is 0 Å². The van der Waals surface area contributed by atoms with Crippen molar-refractivity contribution < 1.29 is 33.0 Å². The Balaban J connectivity index is 1.40. The molecule has 2 aliphatic rings. The predicted octanol–water partition coefficient (Wildman–Crippen LogP) is 5.58. The van der Waals surface area contributed by atoms with Crippen LogP contribution in [0.4, 0.5) is 14.5 Å². The molecule has 242 valence electrons. The number of fused-ring (bicyclic) bond motifs is 3. The number of carbonyl (C=O) groups is 3. The van der Waals surface area contributed by atoms with Crippen LogP contribution in [0.15, 0.2) is 30.3 Å². The Morgan fingerprint density at radius 3 is 2.44 bits per heavy atom. The number of amides is 1. The summed E-state index contributed by atoms with van der Waals surface area (Å²) >= 11 is 0. The molecule has 1 fully saturated rings. The third-order valence-electron chi connectivity index (χ3n) is 8.55. The lowest BCUT2D eigenvalue weighted by molar-refractivity contribution is -0.154. The van der Waals surface area contributed by atoms with Crippen LogP contribution in [0.3, 0.4) is 0 Å². The highest BCUT2D eigenvalue weighted by molar-refractivity contribution is 6.05. The van der Waals surface area contributed by atoms with E-state index in [-0.39, 0.29) is 41.3 Å². The first kappa shape index (κ1) is 32.6. The van der Waals surface area contributed by atoms with Crippen LogP contribution in [0.25, 0.3) is 22.0 Å². The highest BCUT2D eigenvalue weighted by Crippen LogP contribution is 2.44. The number of hydrogen-bond acceptors (Lipinski definition) is 7. The summed E-state index contributed by atoms with van der Waals surface area (Å²) in [6, 6.07) is 7.14. The van der Waals surface area contributed by atoms with Crippen LogP contribution in [0, 0.1) is 23.0 Å². The van der Waals surface area contributed by atoms with E-state index in [2.05, 4.69) is 10.6 Å². The molecule has 3 aromatic rings. The van der Waals surface area contributed by atoms with Gasteiger partial charge in [0.1, 0.15) is 30.0 Å². The van der Waals surface area contributed by atoms with Crippen LogP contribution in [0.5, 0.6) is 0 Å². The number of hydrogen-bond donors (Lipinski definition) is 4. The van der Waals surface area contributed by atoms with Crippen molar-refractivity contribution in [2.75, 3.05) is 11.9 Å². The normalized spacial score (nSPS) is 20.4. The second-order valence-corrected chi connectivity index (χ2v) is 14.1. The van der Waals surface area contributed by atoms with Crippen molar-refractivity contribution >= 4 is 34.4 Å². The molecule has 1 amide bonds. The van der Waals surface area contributed by atoms with Gasteiger partial charge in [-0.05, 0) is 94.2 Å². The Morgan fingerprint density at radius 2 is 1.80 bits per heavy atom. The summed E-state index contributed by atoms with van der Waals surface area (Å²) in [6.07, 6.45) is 1.48. The minimum absolute atomic E-state index is 0.0872. The van der Waals surface area contributed by atoms with E-state index in [0.717, 1.165) is 0 Å². The van der Waals surface area contributed by atoms with E-state index in [9.17, 15) is 23.9 Å². The fraction of sp³-hybridized carbons (Fsp3) is 0.500. The van der Waals surface area contributed by atoms with E-state index in [1.165, 1.54) is 18.2 Å².